The zero-order valence-corrected chi connectivity index (χ0v) is 21.6. The molecule has 6 nitrogen and oxygen atoms in total. The van der Waals surface area contributed by atoms with Crippen molar-refractivity contribution < 1.29 is 35.8 Å². The summed E-state index contributed by atoms with van der Waals surface area (Å²) in [5.74, 6) is -2.01. The van der Waals surface area contributed by atoms with Gasteiger partial charge in [-0.15, -0.1) is 26.3 Å². The van der Waals surface area contributed by atoms with Gasteiger partial charge in [-0.25, -0.2) is 20.2 Å². The lowest BCUT2D eigenvalue weighted by Crippen LogP contribution is -2.25. The molecule has 0 heterocycles. The van der Waals surface area contributed by atoms with Gasteiger partial charge >= 0.3 is 12.7 Å². The van der Waals surface area contributed by atoms with Crippen LogP contribution in [0.2, 0.25) is 0 Å². The highest BCUT2D eigenvalue weighted by molar-refractivity contribution is 5.94. The third kappa shape index (κ3) is 4.54. The van der Waals surface area contributed by atoms with Crippen LogP contribution in [0.3, 0.4) is 0 Å². The van der Waals surface area contributed by atoms with Crippen molar-refractivity contribution in [3.8, 4) is 45.9 Å². The third-order valence-corrected chi connectivity index (χ3v) is 7.12. The first-order valence-corrected chi connectivity index (χ1v) is 12.0. The lowest BCUT2D eigenvalue weighted by Gasteiger charge is -2.17. The molecule has 12 heteroatoms. The second kappa shape index (κ2) is 9.58. The molecule has 0 N–H and O–H groups in total. The van der Waals surface area contributed by atoms with Gasteiger partial charge in [0.05, 0.1) is 25.3 Å². The molecule has 0 bridgehead atoms. The van der Waals surface area contributed by atoms with Gasteiger partial charge in [-0.3, -0.25) is 0 Å². The number of ether oxygens (including phenoxy) is 2. The zero-order valence-electron chi connectivity index (χ0n) is 21.6. The van der Waals surface area contributed by atoms with Crippen LogP contribution < -0.4 is 19.9 Å². The first kappa shape index (κ1) is 28.1. The molecule has 0 atom stereocenters. The standard InChI is InChI=1S/C30H14F6N4O2/c1-13-5-14(2)16-9-20-25(22(11-37)39-3)21-10-17-19(27(21)28(23(12-38)40-4)26(20)18(16)6-13)7-15(41-29(31,32)33)8-24(17)42-30(34,35)36/h5-8H,9-10H2,1-2H3/b25-22+,28-23+. The van der Waals surface area contributed by atoms with E-state index in [-0.39, 0.29) is 45.5 Å². The molecule has 208 valence electrons. The van der Waals surface area contributed by atoms with E-state index in [9.17, 15) is 36.9 Å². The number of aryl methyl sites for hydroxylation is 2. The summed E-state index contributed by atoms with van der Waals surface area (Å²) < 4.78 is 88.0. The maximum Gasteiger partial charge on any atom is 0.573 e. The fourth-order valence-corrected chi connectivity index (χ4v) is 5.85. The zero-order chi connectivity index (χ0) is 30.7. The molecule has 0 amide bonds. The highest BCUT2D eigenvalue weighted by Gasteiger charge is 2.39. The lowest BCUT2D eigenvalue weighted by molar-refractivity contribution is -0.276. The molecule has 2 aliphatic rings. The summed E-state index contributed by atoms with van der Waals surface area (Å²) in [6, 6.07) is 8.63. The lowest BCUT2D eigenvalue weighted by atomic mass is 9.90. The number of nitrogens with zero attached hydrogens (tertiary/aromatic N) is 4. The minimum absolute atomic E-state index is 0.00635. The Morgan fingerprint density at radius 2 is 1.26 bits per heavy atom. The Balaban J connectivity index is 2.07. The van der Waals surface area contributed by atoms with Gasteiger partial charge in [0.25, 0.3) is 11.4 Å². The number of hydrogen-bond donors (Lipinski definition) is 0. The van der Waals surface area contributed by atoms with Crippen molar-refractivity contribution in [3.05, 3.63) is 90.9 Å². The minimum atomic E-state index is -5.29. The monoisotopic (exact) mass is 576 g/mol. The van der Waals surface area contributed by atoms with E-state index in [1.54, 1.807) is 6.07 Å². The van der Waals surface area contributed by atoms with E-state index >= 15 is 0 Å². The predicted octanol–water partition coefficient (Wildman–Crippen LogP) is 6.35. The smallest absolute Gasteiger partial charge is 0.406 e. The van der Waals surface area contributed by atoms with Crippen LogP contribution in [0.15, 0.2) is 24.3 Å². The predicted molar refractivity (Wildman–Crippen MR) is 136 cm³/mol. The summed E-state index contributed by atoms with van der Waals surface area (Å²) in [6.45, 7) is 19.0. The maximum atomic E-state index is 13.4. The molecule has 0 unspecified atom stereocenters. The quantitative estimate of drug-likeness (QED) is 0.182. The Hall–Kier alpha value is -5.46. The number of hydrogen-bond acceptors (Lipinski definition) is 4. The minimum Gasteiger partial charge on any atom is -0.406 e. The first-order chi connectivity index (χ1) is 19.7. The van der Waals surface area contributed by atoms with Gasteiger partial charge in [-0.05, 0) is 76.1 Å². The van der Waals surface area contributed by atoms with Crippen molar-refractivity contribution in [2.45, 2.75) is 39.4 Å². The van der Waals surface area contributed by atoms with Crippen LogP contribution in [0.4, 0.5) is 26.3 Å². The number of halogens is 6. The Morgan fingerprint density at radius 1 is 0.738 bits per heavy atom. The summed E-state index contributed by atoms with van der Waals surface area (Å²) >= 11 is 0. The molecule has 0 saturated heterocycles. The van der Waals surface area contributed by atoms with Crippen LogP contribution in [-0.2, 0) is 12.8 Å². The van der Waals surface area contributed by atoms with Gasteiger partial charge in [-0.2, -0.15) is 0 Å². The average Bonchev–Trinajstić information content (AvgIpc) is 3.44. The normalized spacial score (nSPS) is 14.2. The van der Waals surface area contributed by atoms with Crippen LogP contribution >= 0.6 is 0 Å². The molecular formula is C30H14F6N4O2. The number of fused-ring (bicyclic) bond motifs is 6. The molecule has 3 aromatic rings. The molecule has 0 aliphatic heterocycles. The Morgan fingerprint density at radius 3 is 1.79 bits per heavy atom. The highest BCUT2D eigenvalue weighted by Crippen LogP contribution is 2.47. The fraction of sp³-hybridized carbons (Fsp3) is 0.200. The van der Waals surface area contributed by atoms with Gasteiger partial charge in [-0.1, -0.05) is 17.7 Å². The summed E-state index contributed by atoms with van der Waals surface area (Å²) in [4.78, 5) is 6.70. The molecular weight excluding hydrogens is 562 g/mol. The van der Waals surface area contributed by atoms with E-state index in [1.807, 2.05) is 32.1 Å². The number of nitriles is 2. The molecule has 0 fully saturated rings. The van der Waals surface area contributed by atoms with Gasteiger partial charge in [0, 0.05) is 23.3 Å². The second-order valence-corrected chi connectivity index (χ2v) is 9.61. The van der Waals surface area contributed by atoms with E-state index < -0.39 is 35.6 Å². The van der Waals surface area contributed by atoms with Gasteiger partial charge in [0.2, 0.25) is 0 Å². The molecule has 0 spiro atoms. The van der Waals surface area contributed by atoms with E-state index in [1.165, 1.54) is 0 Å². The van der Waals surface area contributed by atoms with Crippen LogP contribution in [0, 0.1) is 49.7 Å². The van der Waals surface area contributed by atoms with E-state index in [0.717, 1.165) is 22.8 Å². The molecule has 0 aromatic heterocycles. The van der Waals surface area contributed by atoms with Gasteiger partial charge < -0.3 is 9.47 Å². The third-order valence-electron chi connectivity index (χ3n) is 7.12. The SMILES string of the molecule is [C-]#[N+]/C(C#N)=c1\c2c(/c(=C(/C#N)[N+]#[C-])c3c1Cc1c(OC(F)(F)F)cc(OC(F)(F)F)cc1-3)-c1cc(C)cc(C)c1C2. The van der Waals surface area contributed by atoms with Gasteiger partial charge in [0.15, 0.2) is 0 Å². The van der Waals surface area contributed by atoms with Crippen molar-refractivity contribution in [2.75, 3.05) is 0 Å². The van der Waals surface area contributed by atoms with Crippen molar-refractivity contribution in [1.29, 1.82) is 10.5 Å². The summed E-state index contributed by atoms with van der Waals surface area (Å²) in [5, 5.41) is 20.0. The molecule has 42 heavy (non-hydrogen) atoms. The van der Waals surface area contributed by atoms with Crippen LogP contribution in [-0.4, -0.2) is 12.7 Å². The Kier molecular flexibility index (Phi) is 6.40. The summed E-state index contributed by atoms with van der Waals surface area (Å²) in [7, 11) is 0. The molecule has 2 aliphatic carbocycles. The second-order valence-electron chi connectivity index (χ2n) is 9.61. The molecule has 0 saturated carbocycles. The number of alkyl halides is 6. The van der Waals surface area contributed by atoms with Gasteiger partial charge in [0.1, 0.15) is 11.5 Å². The van der Waals surface area contributed by atoms with E-state index in [0.29, 0.717) is 22.8 Å². The Labute approximate surface area is 234 Å². The maximum absolute atomic E-state index is 13.4. The van der Waals surface area contributed by atoms with E-state index in [4.69, 9.17) is 13.1 Å². The highest BCUT2D eigenvalue weighted by atomic mass is 19.4. The summed E-state index contributed by atoms with van der Waals surface area (Å²) in [6.07, 6.45) is -10.8. The molecule has 5 rings (SSSR count). The van der Waals surface area contributed by atoms with Crippen molar-refractivity contribution in [2.24, 2.45) is 0 Å². The van der Waals surface area contributed by atoms with Crippen LogP contribution in [0.1, 0.15) is 33.4 Å². The first-order valence-electron chi connectivity index (χ1n) is 12.0. The van der Waals surface area contributed by atoms with E-state index in [2.05, 4.69) is 19.2 Å². The Bertz CT molecular complexity index is 2000. The number of benzene rings is 3. The summed E-state index contributed by atoms with van der Waals surface area (Å²) in [5.41, 5.74) is 2.62. The van der Waals surface area contributed by atoms with Crippen molar-refractivity contribution in [1.82, 2.24) is 0 Å². The topological polar surface area (TPSA) is 74.8 Å². The fourth-order valence-electron chi connectivity index (χ4n) is 5.85. The van der Waals surface area contributed by atoms with Crippen LogP contribution in [0.25, 0.3) is 43.3 Å². The van der Waals surface area contributed by atoms with Crippen molar-refractivity contribution in [3.63, 3.8) is 0 Å². The van der Waals surface area contributed by atoms with Crippen LogP contribution in [0.5, 0.6) is 11.5 Å². The van der Waals surface area contributed by atoms with Crippen molar-refractivity contribution >= 4 is 11.4 Å². The average molecular weight is 576 g/mol. The molecule has 3 aromatic carbocycles. The largest absolute Gasteiger partial charge is 0.573 e. The molecule has 0 radical (unpaired) electrons. The number of rotatable bonds is 2.